The number of alkyl carbamates (subject to hydrolysis) is 1. The summed E-state index contributed by atoms with van der Waals surface area (Å²) < 4.78 is 22.6. The van der Waals surface area contributed by atoms with Crippen LogP contribution in [0.25, 0.3) is 0 Å². The van der Waals surface area contributed by atoms with Crippen LogP contribution in [0, 0.1) is 5.92 Å². The van der Waals surface area contributed by atoms with Crippen molar-refractivity contribution in [1.29, 1.82) is 0 Å². The van der Waals surface area contributed by atoms with E-state index < -0.39 is 29.1 Å². The van der Waals surface area contributed by atoms with E-state index in [2.05, 4.69) is 5.32 Å². The Morgan fingerprint density at radius 3 is 2.55 bits per heavy atom. The van der Waals surface area contributed by atoms with E-state index in [4.69, 9.17) is 18.9 Å². The summed E-state index contributed by atoms with van der Waals surface area (Å²) in [7, 11) is 1.54. The zero-order valence-electron chi connectivity index (χ0n) is 14.1. The third kappa shape index (κ3) is 2.82. The maximum atomic E-state index is 12.0. The normalized spacial score (nSPS) is 37.0. The second kappa shape index (κ2) is 5.63. The van der Waals surface area contributed by atoms with Gasteiger partial charge >= 0.3 is 6.09 Å². The number of hydrogen-bond donors (Lipinski definition) is 2. The van der Waals surface area contributed by atoms with Gasteiger partial charge in [0.1, 0.15) is 17.3 Å². The van der Waals surface area contributed by atoms with E-state index in [1.165, 1.54) is 0 Å². The number of rotatable bonds is 3. The first kappa shape index (κ1) is 17.5. The fraction of sp³-hybridized carbons (Fsp3) is 0.933. The van der Waals surface area contributed by atoms with E-state index in [-0.39, 0.29) is 25.2 Å². The van der Waals surface area contributed by atoms with Gasteiger partial charge in [0.2, 0.25) is 0 Å². The molecule has 0 aromatic heterocycles. The number of hydrogen-bond acceptors (Lipinski definition) is 6. The molecule has 0 saturated carbocycles. The van der Waals surface area contributed by atoms with Crippen molar-refractivity contribution in [3.8, 4) is 0 Å². The molecular weight excluding hydrogens is 290 g/mol. The standard InChI is InChI=1S/C15H27NO6/c1-13(2,3)22-12(18)16-11-15(19-6)9(7-17)14(4,5)21-10(15)8-20-11/h9-11,17H,7-8H2,1-6H3,(H,16,18)/t9-,10-,11-,15+/m1/s1. The predicted octanol–water partition coefficient (Wildman–Crippen LogP) is 1.04. The molecule has 0 unspecified atom stereocenters. The molecule has 2 heterocycles. The third-order valence-corrected chi connectivity index (χ3v) is 4.34. The molecule has 4 atom stereocenters. The van der Waals surface area contributed by atoms with Gasteiger partial charge in [-0.05, 0) is 34.6 Å². The molecule has 2 aliphatic rings. The number of carbonyl (C=O) groups is 1. The lowest BCUT2D eigenvalue weighted by Crippen LogP contribution is -2.60. The quantitative estimate of drug-likeness (QED) is 0.809. The summed E-state index contributed by atoms with van der Waals surface area (Å²) in [6, 6.07) is 0. The van der Waals surface area contributed by atoms with E-state index in [9.17, 15) is 9.90 Å². The van der Waals surface area contributed by atoms with Crippen molar-refractivity contribution in [2.45, 2.75) is 63.8 Å². The van der Waals surface area contributed by atoms with Crippen LogP contribution in [0.2, 0.25) is 0 Å². The van der Waals surface area contributed by atoms with Gasteiger partial charge in [0.15, 0.2) is 6.23 Å². The maximum Gasteiger partial charge on any atom is 0.409 e. The second-order valence-electron chi connectivity index (χ2n) is 7.36. The van der Waals surface area contributed by atoms with Crippen molar-refractivity contribution in [3.05, 3.63) is 0 Å². The van der Waals surface area contributed by atoms with Crippen LogP contribution >= 0.6 is 0 Å². The molecule has 128 valence electrons. The second-order valence-corrected chi connectivity index (χ2v) is 7.36. The zero-order valence-corrected chi connectivity index (χ0v) is 14.1. The van der Waals surface area contributed by atoms with Crippen molar-refractivity contribution >= 4 is 6.09 Å². The fourth-order valence-corrected chi connectivity index (χ4v) is 3.45. The Bertz CT molecular complexity index is 432. The minimum absolute atomic E-state index is 0.132. The molecule has 2 aliphatic heterocycles. The van der Waals surface area contributed by atoms with Gasteiger partial charge in [-0.15, -0.1) is 0 Å². The summed E-state index contributed by atoms with van der Waals surface area (Å²) in [6.45, 7) is 9.32. The highest BCUT2D eigenvalue weighted by molar-refractivity contribution is 5.68. The van der Waals surface area contributed by atoms with Gasteiger partial charge in [-0.1, -0.05) is 0 Å². The monoisotopic (exact) mass is 317 g/mol. The highest BCUT2D eigenvalue weighted by Gasteiger charge is 2.68. The van der Waals surface area contributed by atoms with Crippen LogP contribution in [0.1, 0.15) is 34.6 Å². The number of carbonyl (C=O) groups excluding carboxylic acids is 1. The Kier molecular flexibility index (Phi) is 4.47. The molecule has 7 nitrogen and oxygen atoms in total. The molecule has 0 aromatic rings. The first-order chi connectivity index (χ1) is 10.1. The van der Waals surface area contributed by atoms with E-state index in [1.54, 1.807) is 27.9 Å². The van der Waals surface area contributed by atoms with Crippen LogP contribution in [-0.2, 0) is 18.9 Å². The summed E-state index contributed by atoms with van der Waals surface area (Å²) in [5.74, 6) is -0.336. The van der Waals surface area contributed by atoms with Crippen molar-refractivity contribution in [3.63, 3.8) is 0 Å². The van der Waals surface area contributed by atoms with Crippen molar-refractivity contribution in [1.82, 2.24) is 5.32 Å². The van der Waals surface area contributed by atoms with E-state index in [1.807, 2.05) is 13.8 Å². The molecule has 1 amide bonds. The number of ether oxygens (including phenoxy) is 4. The number of fused-ring (bicyclic) bond motifs is 1. The van der Waals surface area contributed by atoms with Crippen molar-refractivity contribution in [2.24, 2.45) is 5.92 Å². The predicted molar refractivity (Wildman–Crippen MR) is 78.4 cm³/mol. The Labute approximate surface area is 131 Å². The minimum Gasteiger partial charge on any atom is -0.444 e. The highest BCUT2D eigenvalue weighted by Crippen LogP contribution is 2.50. The summed E-state index contributed by atoms with van der Waals surface area (Å²) >= 11 is 0. The Balaban J connectivity index is 2.21. The van der Waals surface area contributed by atoms with Crippen LogP contribution in [-0.4, -0.2) is 60.7 Å². The Morgan fingerprint density at radius 1 is 1.41 bits per heavy atom. The molecule has 0 aliphatic carbocycles. The Morgan fingerprint density at radius 2 is 2.05 bits per heavy atom. The van der Waals surface area contributed by atoms with Gasteiger partial charge in [-0.2, -0.15) is 0 Å². The molecule has 7 heteroatoms. The molecule has 2 N–H and O–H groups in total. The maximum absolute atomic E-state index is 12.0. The first-order valence-corrected chi connectivity index (χ1v) is 7.52. The van der Waals surface area contributed by atoms with Crippen LogP contribution < -0.4 is 5.32 Å². The molecule has 0 bridgehead atoms. The third-order valence-electron chi connectivity index (χ3n) is 4.34. The summed E-state index contributed by atoms with van der Waals surface area (Å²) in [5, 5.41) is 12.5. The van der Waals surface area contributed by atoms with Gasteiger partial charge in [0, 0.05) is 13.0 Å². The highest BCUT2D eigenvalue weighted by atomic mass is 16.6. The topological polar surface area (TPSA) is 86.3 Å². The molecule has 2 fully saturated rings. The molecule has 2 rings (SSSR count). The Hall–Kier alpha value is -0.890. The lowest BCUT2D eigenvalue weighted by Gasteiger charge is -2.38. The van der Waals surface area contributed by atoms with Gasteiger partial charge < -0.3 is 24.1 Å². The van der Waals surface area contributed by atoms with E-state index >= 15 is 0 Å². The number of aliphatic hydroxyl groups excluding tert-OH is 1. The molecule has 0 spiro atoms. The van der Waals surface area contributed by atoms with E-state index in [0.29, 0.717) is 0 Å². The van der Waals surface area contributed by atoms with Gasteiger partial charge in [0.25, 0.3) is 0 Å². The molecule has 2 saturated heterocycles. The summed E-state index contributed by atoms with van der Waals surface area (Å²) in [5.41, 5.74) is -2.12. The van der Waals surface area contributed by atoms with Crippen LogP contribution in [0.15, 0.2) is 0 Å². The smallest absolute Gasteiger partial charge is 0.409 e. The number of methoxy groups -OCH3 is 1. The van der Waals surface area contributed by atoms with Crippen LogP contribution in [0.5, 0.6) is 0 Å². The molecule has 22 heavy (non-hydrogen) atoms. The fourth-order valence-electron chi connectivity index (χ4n) is 3.45. The SMILES string of the molecule is CO[C@]12[C@H](NC(=O)OC(C)(C)C)OC[C@H]1OC(C)(C)[C@H]2CO. The summed E-state index contributed by atoms with van der Waals surface area (Å²) in [4.78, 5) is 12.0. The lowest BCUT2D eigenvalue weighted by molar-refractivity contribution is -0.125. The average Bonchev–Trinajstić information content (AvgIpc) is 2.77. The van der Waals surface area contributed by atoms with Crippen LogP contribution in [0.3, 0.4) is 0 Å². The van der Waals surface area contributed by atoms with Crippen molar-refractivity contribution < 1.29 is 28.8 Å². The number of amides is 1. The van der Waals surface area contributed by atoms with Gasteiger partial charge in [0.05, 0.1) is 18.8 Å². The number of aliphatic hydroxyl groups is 1. The summed E-state index contributed by atoms with van der Waals surface area (Å²) in [6.07, 6.45) is -1.68. The molecule has 0 aromatic carbocycles. The lowest BCUT2D eigenvalue weighted by atomic mass is 9.77. The largest absolute Gasteiger partial charge is 0.444 e. The van der Waals surface area contributed by atoms with Crippen LogP contribution in [0.4, 0.5) is 4.79 Å². The molecule has 0 radical (unpaired) electrons. The molecular formula is C15H27NO6. The average molecular weight is 317 g/mol. The zero-order chi connectivity index (χ0) is 16.8. The minimum atomic E-state index is -0.935. The first-order valence-electron chi connectivity index (χ1n) is 7.52. The van der Waals surface area contributed by atoms with E-state index in [0.717, 1.165) is 0 Å². The van der Waals surface area contributed by atoms with Crippen molar-refractivity contribution in [2.75, 3.05) is 20.3 Å². The number of nitrogens with one attached hydrogen (secondary N) is 1. The van der Waals surface area contributed by atoms with Gasteiger partial charge in [-0.25, -0.2) is 4.79 Å². The van der Waals surface area contributed by atoms with Gasteiger partial charge in [-0.3, -0.25) is 5.32 Å².